The highest BCUT2D eigenvalue weighted by Gasteiger charge is 2.20. The van der Waals surface area contributed by atoms with Gasteiger partial charge in [-0.1, -0.05) is 24.3 Å². The molecule has 0 aliphatic rings. The lowest BCUT2D eigenvalue weighted by Gasteiger charge is -2.10. The Bertz CT molecular complexity index is 842. The van der Waals surface area contributed by atoms with Gasteiger partial charge in [-0.3, -0.25) is 4.68 Å². The Labute approximate surface area is 123 Å². The summed E-state index contributed by atoms with van der Waals surface area (Å²) >= 11 is 3.36. The van der Waals surface area contributed by atoms with Gasteiger partial charge in [-0.2, -0.15) is 10.4 Å². The van der Waals surface area contributed by atoms with E-state index in [-0.39, 0.29) is 5.56 Å². The van der Waals surface area contributed by atoms with E-state index in [1.807, 2.05) is 18.2 Å². The van der Waals surface area contributed by atoms with E-state index in [2.05, 4.69) is 27.1 Å². The van der Waals surface area contributed by atoms with Crippen LogP contribution in [0.1, 0.15) is 5.56 Å². The van der Waals surface area contributed by atoms with Gasteiger partial charge in [0.05, 0.1) is 27.5 Å². The van der Waals surface area contributed by atoms with Gasteiger partial charge in [0.25, 0.3) is 0 Å². The fourth-order valence-corrected chi connectivity index (χ4v) is 2.90. The zero-order valence-corrected chi connectivity index (χ0v) is 12.1. The van der Waals surface area contributed by atoms with Crippen LogP contribution in [0.15, 0.2) is 41.0 Å². The Morgan fingerprint density at radius 3 is 2.75 bits per heavy atom. The van der Waals surface area contributed by atoms with Gasteiger partial charge in [-0.05, 0) is 27.4 Å². The second-order valence-corrected chi connectivity index (χ2v) is 5.26. The number of halogens is 2. The van der Waals surface area contributed by atoms with Gasteiger partial charge in [0, 0.05) is 12.4 Å². The van der Waals surface area contributed by atoms with Gasteiger partial charge in [-0.15, -0.1) is 0 Å². The van der Waals surface area contributed by atoms with Crippen LogP contribution in [0.25, 0.3) is 22.0 Å². The van der Waals surface area contributed by atoms with Crippen LogP contribution in [0.4, 0.5) is 4.39 Å². The van der Waals surface area contributed by atoms with Crippen LogP contribution < -0.4 is 0 Å². The molecule has 0 saturated carbocycles. The van der Waals surface area contributed by atoms with Crippen molar-refractivity contribution < 1.29 is 4.39 Å². The average molecular weight is 330 g/mol. The Morgan fingerprint density at radius 1 is 1.35 bits per heavy atom. The summed E-state index contributed by atoms with van der Waals surface area (Å²) in [6, 6.07) is 10.8. The van der Waals surface area contributed by atoms with Crippen molar-refractivity contribution in [2.24, 2.45) is 7.05 Å². The van der Waals surface area contributed by atoms with E-state index in [1.54, 1.807) is 24.0 Å². The van der Waals surface area contributed by atoms with E-state index in [9.17, 15) is 9.65 Å². The minimum atomic E-state index is -0.426. The number of aryl methyl sites for hydroxylation is 1. The molecule has 3 aromatic rings. The van der Waals surface area contributed by atoms with E-state index in [0.717, 1.165) is 5.39 Å². The first-order valence-corrected chi connectivity index (χ1v) is 6.72. The highest BCUT2D eigenvalue weighted by Crippen LogP contribution is 2.36. The quantitative estimate of drug-likeness (QED) is 0.676. The average Bonchev–Trinajstić information content (AvgIpc) is 2.77. The first-order chi connectivity index (χ1) is 9.63. The minimum absolute atomic E-state index is 0.276. The van der Waals surface area contributed by atoms with Crippen LogP contribution in [-0.4, -0.2) is 9.78 Å². The molecule has 0 aliphatic carbocycles. The first-order valence-electron chi connectivity index (χ1n) is 5.92. The molecule has 0 atom stereocenters. The molecule has 0 saturated heterocycles. The molecule has 0 spiro atoms. The third-order valence-corrected chi connectivity index (χ3v) is 3.82. The Hall–Kier alpha value is -2.19. The van der Waals surface area contributed by atoms with E-state index in [4.69, 9.17) is 0 Å². The summed E-state index contributed by atoms with van der Waals surface area (Å²) in [4.78, 5) is 0. The molecule has 0 amide bonds. The summed E-state index contributed by atoms with van der Waals surface area (Å²) in [6.45, 7) is 0. The normalized spacial score (nSPS) is 10.7. The molecule has 3 nitrogen and oxygen atoms in total. The van der Waals surface area contributed by atoms with Crippen LogP contribution >= 0.6 is 15.9 Å². The highest BCUT2D eigenvalue weighted by atomic mass is 79.9. The fraction of sp³-hybridized carbons (Fsp3) is 0.0667. The molecule has 0 fully saturated rings. The largest absolute Gasteiger partial charge is 0.267 e. The summed E-state index contributed by atoms with van der Waals surface area (Å²) in [5, 5.41) is 15.0. The van der Waals surface area contributed by atoms with E-state index >= 15 is 0 Å². The molecule has 5 heteroatoms. The highest BCUT2D eigenvalue weighted by molar-refractivity contribution is 9.10. The molecule has 1 heterocycles. The molecular weight excluding hydrogens is 321 g/mol. The molecular formula is C15H9BrFN3. The number of nitriles is 1. The predicted octanol–water partition coefficient (Wildman–Crippen LogP) is 4.01. The van der Waals surface area contributed by atoms with Crippen LogP contribution in [0.3, 0.4) is 0 Å². The summed E-state index contributed by atoms with van der Waals surface area (Å²) in [7, 11) is 1.72. The lowest BCUT2D eigenvalue weighted by atomic mass is 9.97. The number of nitrogens with zero attached hydrogens (tertiary/aromatic N) is 3. The van der Waals surface area contributed by atoms with Gasteiger partial charge in [0.1, 0.15) is 11.9 Å². The maximum Gasteiger partial charge on any atom is 0.134 e. The molecule has 2 aromatic carbocycles. The third-order valence-electron chi connectivity index (χ3n) is 3.24. The Balaban J connectivity index is 2.48. The van der Waals surface area contributed by atoms with Crippen LogP contribution in [0, 0.1) is 17.1 Å². The molecule has 0 unspecified atom stereocenters. The van der Waals surface area contributed by atoms with Gasteiger partial charge in [0.15, 0.2) is 0 Å². The van der Waals surface area contributed by atoms with Crippen molar-refractivity contribution in [3.8, 4) is 17.3 Å². The third kappa shape index (κ3) is 1.81. The topological polar surface area (TPSA) is 41.6 Å². The van der Waals surface area contributed by atoms with E-state index < -0.39 is 5.82 Å². The molecule has 98 valence electrons. The molecule has 0 bridgehead atoms. The minimum Gasteiger partial charge on any atom is -0.267 e. The lowest BCUT2D eigenvalue weighted by Crippen LogP contribution is -1.99. The Morgan fingerprint density at radius 2 is 2.10 bits per heavy atom. The number of fused-ring (bicyclic) bond motifs is 1. The number of hydrogen-bond donors (Lipinski definition) is 0. The van der Waals surface area contributed by atoms with Crippen molar-refractivity contribution >= 4 is 26.7 Å². The van der Waals surface area contributed by atoms with Crippen molar-refractivity contribution in [3.63, 3.8) is 0 Å². The van der Waals surface area contributed by atoms with Gasteiger partial charge in [0.2, 0.25) is 0 Å². The van der Waals surface area contributed by atoms with Gasteiger partial charge >= 0.3 is 0 Å². The van der Waals surface area contributed by atoms with Crippen molar-refractivity contribution in [3.05, 3.63) is 52.4 Å². The fourth-order valence-electron chi connectivity index (χ4n) is 2.35. The van der Waals surface area contributed by atoms with Gasteiger partial charge < -0.3 is 0 Å². The van der Waals surface area contributed by atoms with Crippen LogP contribution in [0.2, 0.25) is 0 Å². The van der Waals surface area contributed by atoms with E-state index in [0.29, 0.717) is 21.1 Å². The number of aromatic nitrogens is 2. The number of benzene rings is 2. The maximum absolute atomic E-state index is 14.5. The zero-order valence-electron chi connectivity index (χ0n) is 10.6. The smallest absolute Gasteiger partial charge is 0.134 e. The molecule has 1 aromatic heterocycles. The molecule has 3 rings (SSSR count). The first kappa shape index (κ1) is 12.8. The maximum atomic E-state index is 14.5. The predicted molar refractivity (Wildman–Crippen MR) is 78.5 cm³/mol. The molecule has 0 radical (unpaired) electrons. The number of rotatable bonds is 1. The monoisotopic (exact) mass is 329 g/mol. The standard InChI is InChI=1S/C15H9BrFN3/c1-20-15(12(16)8-19-20)14-11(7-18)10-5-3-2-4-9(10)6-13(14)17/h2-6,8H,1H3. The molecule has 20 heavy (non-hydrogen) atoms. The second-order valence-electron chi connectivity index (χ2n) is 4.41. The summed E-state index contributed by atoms with van der Waals surface area (Å²) < 4.78 is 16.7. The van der Waals surface area contributed by atoms with Crippen molar-refractivity contribution in [1.82, 2.24) is 9.78 Å². The Kier molecular flexibility index (Phi) is 3.03. The lowest BCUT2D eigenvalue weighted by molar-refractivity contribution is 0.629. The van der Waals surface area contributed by atoms with Gasteiger partial charge in [-0.25, -0.2) is 4.39 Å². The summed E-state index contributed by atoms with van der Waals surface area (Å²) in [6.07, 6.45) is 1.59. The SMILES string of the molecule is Cn1ncc(Br)c1-c1c(F)cc2ccccc2c1C#N. The van der Waals surface area contributed by atoms with Crippen LogP contribution in [-0.2, 0) is 7.05 Å². The zero-order chi connectivity index (χ0) is 14.3. The molecule has 0 aliphatic heterocycles. The summed E-state index contributed by atoms with van der Waals surface area (Å²) in [5.41, 5.74) is 1.16. The second kappa shape index (κ2) is 4.73. The molecule has 0 N–H and O–H groups in total. The van der Waals surface area contributed by atoms with Crippen molar-refractivity contribution in [2.75, 3.05) is 0 Å². The van der Waals surface area contributed by atoms with Crippen molar-refractivity contribution in [1.29, 1.82) is 5.26 Å². The van der Waals surface area contributed by atoms with Crippen molar-refractivity contribution in [2.45, 2.75) is 0 Å². The summed E-state index contributed by atoms with van der Waals surface area (Å²) in [5.74, 6) is -0.426. The number of hydrogen-bond acceptors (Lipinski definition) is 2. The van der Waals surface area contributed by atoms with E-state index in [1.165, 1.54) is 6.07 Å². The van der Waals surface area contributed by atoms with Crippen LogP contribution in [0.5, 0.6) is 0 Å².